The van der Waals surface area contributed by atoms with Gasteiger partial charge in [-0.3, -0.25) is 4.79 Å². The van der Waals surface area contributed by atoms with E-state index in [0.29, 0.717) is 6.07 Å². The third-order valence-corrected chi connectivity index (χ3v) is 3.34. The first-order valence-corrected chi connectivity index (χ1v) is 7.21. The summed E-state index contributed by atoms with van der Waals surface area (Å²) in [6.07, 6.45) is -4.69. The zero-order chi connectivity index (χ0) is 16.4. The molecule has 9 heteroatoms. The van der Waals surface area contributed by atoms with Gasteiger partial charge in [0, 0.05) is 6.92 Å². The topological polar surface area (TPSA) is 52.6 Å². The molecule has 4 nitrogen and oxygen atoms in total. The fraction of sp³-hybridized carbons (Fsp3) is 0.333. The van der Waals surface area contributed by atoms with Gasteiger partial charge in [0.15, 0.2) is 0 Å². The zero-order valence-electron chi connectivity index (χ0n) is 10.8. The molecule has 21 heavy (non-hydrogen) atoms. The lowest BCUT2D eigenvalue weighted by Crippen LogP contribution is -2.15. The average Bonchev–Trinajstić information content (AvgIpc) is 2.35. The van der Waals surface area contributed by atoms with Gasteiger partial charge < -0.3 is 9.47 Å². The number of alkyl halides is 5. The predicted octanol–water partition coefficient (Wildman–Crippen LogP) is 4.21. The van der Waals surface area contributed by atoms with Gasteiger partial charge in [0.1, 0.15) is 11.3 Å². The van der Waals surface area contributed by atoms with Crippen LogP contribution in [0.4, 0.5) is 13.2 Å². The number of rotatable bonds is 3. The van der Waals surface area contributed by atoms with Gasteiger partial charge in [-0.2, -0.15) is 13.2 Å². The fourth-order valence-corrected chi connectivity index (χ4v) is 2.29. The van der Waals surface area contributed by atoms with Gasteiger partial charge >= 0.3 is 18.1 Å². The first-order chi connectivity index (χ1) is 9.57. The molecule has 0 saturated heterocycles. The van der Waals surface area contributed by atoms with Crippen molar-refractivity contribution in [1.29, 1.82) is 0 Å². The molecule has 0 bridgehead atoms. The molecule has 0 aromatic heterocycles. The molecule has 1 aromatic rings. The van der Waals surface area contributed by atoms with Crippen molar-refractivity contribution in [2.45, 2.75) is 16.8 Å². The molecule has 0 aliphatic rings. The molecule has 0 unspecified atom stereocenters. The molecular weight excluding hydrogens is 425 g/mol. The van der Waals surface area contributed by atoms with Gasteiger partial charge in [-0.1, -0.05) is 31.9 Å². The Morgan fingerprint density at radius 1 is 1.24 bits per heavy atom. The number of ether oxygens (including phenoxy) is 2. The number of methoxy groups -OCH3 is 1. The average molecular weight is 434 g/mol. The van der Waals surface area contributed by atoms with Gasteiger partial charge in [-0.05, 0) is 17.7 Å². The standard InChI is InChI=1S/C12H9Br2F3O4/c1-5(18)21-9-4-6(10(13)14)8(12(15,16)17)3-7(9)11(19)20-2/h3-4,10H,1-2H3. The minimum Gasteiger partial charge on any atom is -0.465 e. The van der Waals surface area contributed by atoms with Gasteiger partial charge in [0.25, 0.3) is 0 Å². The van der Waals surface area contributed by atoms with Crippen molar-refractivity contribution >= 4 is 43.8 Å². The Kier molecular flexibility index (Phi) is 5.80. The Morgan fingerprint density at radius 3 is 2.19 bits per heavy atom. The molecular formula is C12H9Br2F3O4. The Morgan fingerprint density at radius 2 is 1.81 bits per heavy atom. The molecule has 0 aliphatic heterocycles. The molecule has 0 atom stereocenters. The highest BCUT2D eigenvalue weighted by atomic mass is 79.9. The minimum absolute atomic E-state index is 0.230. The van der Waals surface area contributed by atoms with E-state index in [0.717, 1.165) is 20.1 Å². The lowest BCUT2D eigenvalue weighted by atomic mass is 10.0. The van der Waals surface area contributed by atoms with Crippen molar-refractivity contribution < 1.29 is 32.2 Å². The van der Waals surface area contributed by atoms with Crippen molar-refractivity contribution in [3.05, 3.63) is 28.8 Å². The first kappa shape index (κ1) is 18.0. The van der Waals surface area contributed by atoms with Crippen molar-refractivity contribution in [2.75, 3.05) is 7.11 Å². The second-order valence-electron chi connectivity index (χ2n) is 3.82. The van der Waals surface area contributed by atoms with Crippen LogP contribution in [0.3, 0.4) is 0 Å². The Balaban J connectivity index is 3.61. The molecule has 0 heterocycles. The van der Waals surface area contributed by atoms with E-state index < -0.39 is 33.0 Å². The summed E-state index contributed by atoms with van der Waals surface area (Å²) in [5, 5.41) is 0. The Labute approximate surface area is 134 Å². The second-order valence-corrected chi connectivity index (χ2v) is 6.88. The number of esters is 2. The smallest absolute Gasteiger partial charge is 0.416 e. The normalized spacial score (nSPS) is 11.4. The maximum atomic E-state index is 13.0. The predicted molar refractivity (Wildman–Crippen MR) is 74.7 cm³/mol. The molecule has 0 amide bonds. The summed E-state index contributed by atoms with van der Waals surface area (Å²) < 4.78 is 47.5. The fourth-order valence-electron chi connectivity index (χ4n) is 1.53. The highest BCUT2D eigenvalue weighted by molar-refractivity contribution is 9.24. The number of hydrogen-bond donors (Lipinski definition) is 0. The maximum Gasteiger partial charge on any atom is 0.416 e. The number of hydrogen-bond acceptors (Lipinski definition) is 4. The number of halogens is 5. The van der Waals surface area contributed by atoms with E-state index in [9.17, 15) is 22.8 Å². The SMILES string of the molecule is COC(=O)c1cc(C(F)(F)F)c(C(Br)Br)cc1OC(C)=O. The lowest BCUT2D eigenvalue weighted by Gasteiger charge is -2.17. The van der Waals surface area contributed by atoms with Crippen LogP contribution >= 0.6 is 31.9 Å². The van der Waals surface area contributed by atoms with Crippen LogP contribution in [-0.2, 0) is 15.7 Å². The summed E-state index contributed by atoms with van der Waals surface area (Å²) in [6, 6.07) is 1.56. The molecule has 0 N–H and O–H groups in total. The summed E-state index contributed by atoms with van der Waals surface area (Å²) in [6.45, 7) is 1.07. The quantitative estimate of drug-likeness (QED) is 0.407. The summed E-state index contributed by atoms with van der Waals surface area (Å²) in [5.74, 6) is -2.11. The highest BCUT2D eigenvalue weighted by Crippen LogP contribution is 2.43. The summed E-state index contributed by atoms with van der Waals surface area (Å²) in [7, 11) is 1.01. The van der Waals surface area contributed by atoms with Gasteiger partial charge in [0.2, 0.25) is 0 Å². The van der Waals surface area contributed by atoms with E-state index in [1.807, 2.05) is 0 Å². The van der Waals surface area contributed by atoms with E-state index in [-0.39, 0.29) is 11.3 Å². The molecule has 0 fully saturated rings. The van der Waals surface area contributed by atoms with Crippen LogP contribution in [0.15, 0.2) is 12.1 Å². The highest BCUT2D eigenvalue weighted by Gasteiger charge is 2.37. The van der Waals surface area contributed by atoms with Crippen molar-refractivity contribution in [2.24, 2.45) is 0 Å². The summed E-state index contributed by atoms with van der Waals surface area (Å²) >= 11 is 5.93. The van der Waals surface area contributed by atoms with Crippen molar-refractivity contribution in [1.82, 2.24) is 0 Å². The van der Waals surface area contributed by atoms with Gasteiger partial charge in [0.05, 0.1) is 16.4 Å². The number of carbonyl (C=O) groups excluding carboxylic acids is 2. The lowest BCUT2D eigenvalue weighted by molar-refractivity contribution is -0.138. The largest absolute Gasteiger partial charge is 0.465 e. The third kappa shape index (κ3) is 4.44. The minimum atomic E-state index is -4.69. The Hall–Kier alpha value is -1.09. The summed E-state index contributed by atoms with van der Waals surface area (Å²) in [5.41, 5.74) is -1.76. The van der Waals surface area contributed by atoms with E-state index in [2.05, 4.69) is 36.6 Å². The molecule has 116 valence electrons. The zero-order valence-corrected chi connectivity index (χ0v) is 13.9. The van der Waals surface area contributed by atoms with Crippen LogP contribution in [0.1, 0.15) is 32.1 Å². The molecule has 1 rings (SSSR count). The second kappa shape index (κ2) is 6.78. The van der Waals surface area contributed by atoms with Gasteiger partial charge in [-0.15, -0.1) is 0 Å². The maximum absolute atomic E-state index is 13.0. The van der Waals surface area contributed by atoms with Crippen molar-refractivity contribution in [3.63, 3.8) is 0 Å². The molecule has 0 radical (unpaired) electrons. The van der Waals surface area contributed by atoms with E-state index in [1.54, 1.807) is 0 Å². The third-order valence-electron chi connectivity index (χ3n) is 2.35. The van der Waals surface area contributed by atoms with Gasteiger partial charge in [-0.25, -0.2) is 4.79 Å². The van der Waals surface area contributed by atoms with Crippen LogP contribution in [0.25, 0.3) is 0 Å². The molecule has 1 aromatic carbocycles. The molecule has 0 spiro atoms. The molecule has 0 saturated carbocycles. The van der Waals surface area contributed by atoms with Crippen LogP contribution in [-0.4, -0.2) is 19.0 Å². The van der Waals surface area contributed by atoms with E-state index >= 15 is 0 Å². The summed E-state index contributed by atoms with van der Waals surface area (Å²) in [4.78, 5) is 22.6. The van der Waals surface area contributed by atoms with Crippen LogP contribution in [0.5, 0.6) is 5.75 Å². The number of carbonyl (C=O) groups is 2. The monoisotopic (exact) mass is 432 g/mol. The van der Waals surface area contributed by atoms with E-state index in [1.165, 1.54) is 0 Å². The van der Waals surface area contributed by atoms with Crippen LogP contribution in [0, 0.1) is 0 Å². The van der Waals surface area contributed by atoms with E-state index in [4.69, 9.17) is 4.74 Å². The molecule has 0 aliphatic carbocycles. The van der Waals surface area contributed by atoms with Crippen LogP contribution < -0.4 is 4.74 Å². The van der Waals surface area contributed by atoms with Crippen molar-refractivity contribution in [3.8, 4) is 5.75 Å². The first-order valence-electron chi connectivity index (χ1n) is 5.38. The number of benzene rings is 1. The Bertz CT molecular complexity index is 570. The van der Waals surface area contributed by atoms with Crippen LogP contribution in [0.2, 0.25) is 0 Å².